The quantitative estimate of drug-likeness (QED) is 0.557. The molecule has 0 atom stereocenters. The van der Waals surface area contributed by atoms with Crippen LogP contribution in [-0.4, -0.2) is 18.0 Å². The standard InChI is InChI=1S/C21H18O3/c1-14-6-8-15(9-7-14)18(22)12-10-16-11-13-20(24-2)17-4-3-5-19(23)21(16)17/h3-13,23H,1-2H3/b12-10-. The molecule has 0 aliphatic rings. The maximum atomic E-state index is 12.3. The molecule has 0 saturated heterocycles. The van der Waals surface area contributed by atoms with Gasteiger partial charge in [-0.05, 0) is 30.7 Å². The Morgan fingerprint density at radius 3 is 2.50 bits per heavy atom. The van der Waals surface area contributed by atoms with Gasteiger partial charge in [0.05, 0.1) is 7.11 Å². The number of aromatic hydroxyl groups is 1. The minimum atomic E-state index is -0.0746. The Balaban J connectivity index is 2.01. The first-order valence-electron chi connectivity index (χ1n) is 7.68. The summed E-state index contributed by atoms with van der Waals surface area (Å²) in [4.78, 5) is 12.3. The van der Waals surface area contributed by atoms with Crippen LogP contribution in [0.25, 0.3) is 16.8 Å². The van der Waals surface area contributed by atoms with Crippen LogP contribution >= 0.6 is 0 Å². The van der Waals surface area contributed by atoms with E-state index in [0.29, 0.717) is 16.7 Å². The summed E-state index contributed by atoms with van der Waals surface area (Å²) < 4.78 is 5.34. The minimum Gasteiger partial charge on any atom is -0.507 e. The van der Waals surface area contributed by atoms with Gasteiger partial charge in [0.15, 0.2) is 5.78 Å². The number of fused-ring (bicyclic) bond motifs is 1. The predicted molar refractivity (Wildman–Crippen MR) is 96.7 cm³/mol. The van der Waals surface area contributed by atoms with Crippen LogP contribution in [0.5, 0.6) is 11.5 Å². The SMILES string of the molecule is COc1ccc(/C=C\C(=O)c2ccc(C)cc2)c2c(O)cccc12. The number of allylic oxidation sites excluding steroid dienone is 1. The average molecular weight is 318 g/mol. The van der Waals surface area contributed by atoms with Crippen LogP contribution in [0.2, 0.25) is 0 Å². The summed E-state index contributed by atoms with van der Waals surface area (Å²) in [5.74, 6) is 0.770. The van der Waals surface area contributed by atoms with E-state index in [-0.39, 0.29) is 11.5 Å². The second-order valence-corrected chi connectivity index (χ2v) is 5.62. The Hall–Kier alpha value is -3.07. The number of benzene rings is 3. The largest absolute Gasteiger partial charge is 0.507 e. The molecule has 1 N–H and O–H groups in total. The number of rotatable bonds is 4. The fourth-order valence-electron chi connectivity index (χ4n) is 2.68. The van der Waals surface area contributed by atoms with E-state index in [1.54, 1.807) is 25.3 Å². The van der Waals surface area contributed by atoms with E-state index >= 15 is 0 Å². The van der Waals surface area contributed by atoms with Gasteiger partial charge in [-0.25, -0.2) is 0 Å². The van der Waals surface area contributed by atoms with Crippen molar-refractivity contribution in [3.05, 3.63) is 77.4 Å². The number of phenolic OH excluding ortho intramolecular Hbond substituents is 1. The third kappa shape index (κ3) is 3.01. The fraction of sp³-hybridized carbons (Fsp3) is 0.0952. The molecule has 3 aromatic rings. The zero-order chi connectivity index (χ0) is 17.1. The van der Waals surface area contributed by atoms with Gasteiger partial charge in [-0.2, -0.15) is 0 Å². The van der Waals surface area contributed by atoms with Crippen LogP contribution in [0.3, 0.4) is 0 Å². The molecule has 0 radical (unpaired) electrons. The molecule has 0 spiro atoms. The van der Waals surface area contributed by atoms with Crippen molar-refractivity contribution in [3.8, 4) is 11.5 Å². The van der Waals surface area contributed by atoms with Crippen LogP contribution in [0.4, 0.5) is 0 Å². The number of hydrogen-bond acceptors (Lipinski definition) is 3. The van der Waals surface area contributed by atoms with Crippen LogP contribution in [0, 0.1) is 6.92 Å². The topological polar surface area (TPSA) is 46.5 Å². The third-order valence-electron chi connectivity index (χ3n) is 3.98. The van der Waals surface area contributed by atoms with E-state index in [2.05, 4.69) is 0 Å². The highest BCUT2D eigenvalue weighted by molar-refractivity contribution is 6.08. The van der Waals surface area contributed by atoms with Gasteiger partial charge < -0.3 is 9.84 Å². The monoisotopic (exact) mass is 318 g/mol. The lowest BCUT2D eigenvalue weighted by atomic mass is 10.0. The summed E-state index contributed by atoms with van der Waals surface area (Å²) >= 11 is 0. The first-order chi connectivity index (χ1) is 11.6. The molecule has 0 saturated carbocycles. The third-order valence-corrected chi connectivity index (χ3v) is 3.98. The molecule has 0 amide bonds. The second kappa shape index (κ2) is 6.59. The van der Waals surface area contributed by atoms with Crippen molar-refractivity contribution in [2.24, 2.45) is 0 Å². The molecule has 24 heavy (non-hydrogen) atoms. The Bertz CT molecular complexity index is 922. The summed E-state index contributed by atoms with van der Waals surface area (Å²) in [7, 11) is 1.59. The van der Waals surface area contributed by atoms with Crippen molar-refractivity contribution in [1.29, 1.82) is 0 Å². The van der Waals surface area contributed by atoms with E-state index in [1.165, 1.54) is 6.08 Å². The molecule has 0 fully saturated rings. The zero-order valence-electron chi connectivity index (χ0n) is 13.6. The van der Waals surface area contributed by atoms with E-state index < -0.39 is 0 Å². The molecule has 3 aromatic carbocycles. The van der Waals surface area contributed by atoms with Crippen molar-refractivity contribution >= 4 is 22.6 Å². The number of ketones is 1. The Labute approximate surface area is 140 Å². The highest BCUT2D eigenvalue weighted by Gasteiger charge is 2.09. The molecule has 0 aliphatic heterocycles. The summed E-state index contributed by atoms with van der Waals surface area (Å²) in [6.07, 6.45) is 3.25. The van der Waals surface area contributed by atoms with Crippen molar-refractivity contribution in [1.82, 2.24) is 0 Å². The first kappa shape index (κ1) is 15.8. The molecule has 3 heteroatoms. The van der Waals surface area contributed by atoms with Crippen molar-refractivity contribution < 1.29 is 14.6 Å². The van der Waals surface area contributed by atoms with Gasteiger partial charge in [0.1, 0.15) is 11.5 Å². The van der Waals surface area contributed by atoms with Gasteiger partial charge in [-0.3, -0.25) is 4.79 Å². The van der Waals surface area contributed by atoms with Gasteiger partial charge in [0.2, 0.25) is 0 Å². The van der Waals surface area contributed by atoms with Crippen molar-refractivity contribution in [2.75, 3.05) is 7.11 Å². The lowest BCUT2D eigenvalue weighted by Crippen LogP contribution is -1.94. The van der Waals surface area contributed by atoms with Crippen LogP contribution < -0.4 is 4.74 Å². The molecule has 0 aliphatic carbocycles. The van der Waals surface area contributed by atoms with Gasteiger partial charge in [-0.15, -0.1) is 0 Å². The molecule has 120 valence electrons. The number of aryl methyl sites for hydroxylation is 1. The zero-order valence-corrected chi connectivity index (χ0v) is 13.6. The molecule has 3 nitrogen and oxygen atoms in total. The Morgan fingerprint density at radius 2 is 1.79 bits per heavy atom. The van der Waals surface area contributed by atoms with Gasteiger partial charge in [0, 0.05) is 16.3 Å². The molecule has 3 rings (SSSR count). The normalized spacial score (nSPS) is 11.1. The highest BCUT2D eigenvalue weighted by Crippen LogP contribution is 2.35. The number of carbonyl (C=O) groups excluding carboxylic acids is 1. The van der Waals surface area contributed by atoms with E-state index in [1.807, 2.05) is 49.4 Å². The maximum Gasteiger partial charge on any atom is 0.185 e. The number of ether oxygens (including phenoxy) is 1. The summed E-state index contributed by atoms with van der Waals surface area (Å²) in [6, 6.07) is 16.4. The average Bonchev–Trinajstić information content (AvgIpc) is 2.60. The van der Waals surface area contributed by atoms with Crippen molar-refractivity contribution in [2.45, 2.75) is 6.92 Å². The fourth-order valence-corrected chi connectivity index (χ4v) is 2.68. The lowest BCUT2D eigenvalue weighted by molar-refractivity contribution is 0.104. The Morgan fingerprint density at radius 1 is 1.04 bits per heavy atom. The van der Waals surface area contributed by atoms with E-state index in [0.717, 1.165) is 16.5 Å². The van der Waals surface area contributed by atoms with Crippen LogP contribution in [0.1, 0.15) is 21.5 Å². The minimum absolute atomic E-state index is 0.0746. The number of carbonyl (C=O) groups is 1. The number of methoxy groups -OCH3 is 1. The molecule has 0 heterocycles. The second-order valence-electron chi connectivity index (χ2n) is 5.62. The lowest BCUT2D eigenvalue weighted by Gasteiger charge is -2.09. The first-order valence-corrected chi connectivity index (χ1v) is 7.68. The smallest absolute Gasteiger partial charge is 0.185 e. The highest BCUT2D eigenvalue weighted by atomic mass is 16.5. The number of phenols is 1. The predicted octanol–water partition coefficient (Wildman–Crippen LogP) is 4.76. The van der Waals surface area contributed by atoms with Crippen molar-refractivity contribution in [3.63, 3.8) is 0 Å². The summed E-state index contributed by atoms with van der Waals surface area (Å²) in [6.45, 7) is 1.98. The van der Waals surface area contributed by atoms with E-state index in [9.17, 15) is 9.90 Å². The maximum absolute atomic E-state index is 12.3. The van der Waals surface area contributed by atoms with Gasteiger partial charge >= 0.3 is 0 Å². The van der Waals surface area contributed by atoms with Crippen LogP contribution in [0.15, 0.2) is 60.7 Å². The summed E-state index contributed by atoms with van der Waals surface area (Å²) in [5.41, 5.74) is 2.52. The van der Waals surface area contributed by atoms with Gasteiger partial charge in [0.25, 0.3) is 0 Å². The summed E-state index contributed by atoms with van der Waals surface area (Å²) in [5, 5.41) is 11.7. The molecule has 0 aromatic heterocycles. The molecular weight excluding hydrogens is 300 g/mol. The Kier molecular flexibility index (Phi) is 4.34. The molecular formula is C21H18O3. The van der Waals surface area contributed by atoms with Gasteiger partial charge in [-0.1, -0.05) is 54.1 Å². The molecule has 0 unspecified atom stereocenters. The molecule has 0 bridgehead atoms. The van der Waals surface area contributed by atoms with Crippen LogP contribution in [-0.2, 0) is 0 Å². The number of hydrogen-bond donors (Lipinski definition) is 1. The van der Waals surface area contributed by atoms with E-state index in [4.69, 9.17) is 4.74 Å².